The van der Waals surface area contributed by atoms with E-state index in [4.69, 9.17) is 5.73 Å². The first-order valence-electron chi connectivity index (χ1n) is 6.08. The molecule has 0 bridgehead atoms. The van der Waals surface area contributed by atoms with Crippen molar-refractivity contribution in [1.82, 2.24) is 5.32 Å². The third kappa shape index (κ3) is 4.08. The second-order valence-electron chi connectivity index (χ2n) is 4.30. The molecule has 2 rings (SSSR count). The minimum absolute atomic E-state index is 0.00158. The third-order valence-electron chi connectivity index (χ3n) is 2.70. The van der Waals surface area contributed by atoms with Crippen LogP contribution in [0.4, 0.5) is 10.5 Å². The third-order valence-corrected chi connectivity index (χ3v) is 3.57. The predicted octanol–water partition coefficient (Wildman–Crippen LogP) is 3.09. The van der Waals surface area contributed by atoms with Crippen LogP contribution < -0.4 is 16.4 Å². The van der Waals surface area contributed by atoms with Crippen LogP contribution in [0.2, 0.25) is 0 Å². The summed E-state index contributed by atoms with van der Waals surface area (Å²) in [7, 11) is 0. The maximum Gasteiger partial charge on any atom is 0.319 e. The summed E-state index contributed by atoms with van der Waals surface area (Å²) >= 11 is 1.62. The van der Waals surface area contributed by atoms with Crippen molar-refractivity contribution in [2.75, 3.05) is 5.32 Å². The number of nitrogens with one attached hydrogen (secondary N) is 2. The summed E-state index contributed by atoms with van der Waals surface area (Å²) in [6, 6.07) is 11.3. The normalized spacial score (nSPS) is 11.9. The van der Waals surface area contributed by atoms with Gasteiger partial charge in [0.25, 0.3) is 0 Å². The number of nitrogens with two attached hydrogens (primary N) is 1. The van der Waals surface area contributed by atoms with Crippen molar-refractivity contribution in [3.63, 3.8) is 0 Å². The predicted molar refractivity (Wildman–Crippen MR) is 79.2 cm³/mol. The van der Waals surface area contributed by atoms with Crippen LogP contribution in [0.3, 0.4) is 0 Å². The Bertz CT molecular complexity index is 520. The highest BCUT2D eigenvalue weighted by atomic mass is 32.1. The largest absolute Gasteiger partial charge is 0.333 e. The Labute approximate surface area is 116 Å². The average molecular weight is 275 g/mol. The van der Waals surface area contributed by atoms with Gasteiger partial charge in [-0.2, -0.15) is 0 Å². The summed E-state index contributed by atoms with van der Waals surface area (Å²) in [5.41, 5.74) is 7.57. The zero-order valence-corrected chi connectivity index (χ0v) is 11.5. The van der Waals surface area contributed by atoms with Crippen molar-refractivity contribution in [3.05, 3.63) is 52.2 Å². The van der Waals surface area contributed by atoms with Gasteiger partial charge in [-0.05, 0) is 36.1 Å². The molecule has 0 aliphatic heterocycles. The Kier molecular flexibility index (Phi) is 4.54. The van der Waals surface area contributed by atoms with Crippen molar-refractivity contribution in [1.29, 1.82) is 0 Å². The Morgan fingerprint density at radius 1 is 1.32 bits per heavy atom. The molecule has 19 heavy (non-hydrogen) atoms. The SMILES string of the molecule is CC(N)c1ccc(NC(=O)NCc2cccs2)cc1. The molecule has 1 unspecified atom stereocenters. The highest BCUT2D eigenvalue weighted by Gasteiger charge is 2.03. The van der Waals surface area contributed by atoms with Crippen LogP contribution >= 0.6 is 11.3 Å². The monoisotopic (exact) mass is 275 g/mol. The molecule has 1 aromatic carbocycles. The number of thiophene rings is 1. The molecule has 1 aromatic heterocycles. The standard InChI is InChI=1S/C14H17N3OS/c1-10(15)11-4-6-12(7-5-11)17-14(18)16-9-13-3-2-8-19-13/h2-8,10H,9,15H2,1H3,(H2,16,17,18). The Morgan fingerprint density at radius 2 is 2.05 bits per heavy atom. The van der Waals surface area contributed by atoms with E-state index >= 15 is 0 Å². The van der Waals surface area contributed by atoms with E-state index in [0.717, 1.165) is 16.1 Å². The molecular formula is C14H17N3OS. The molecule has 1 heterocycles. The molecule has 0 saturated heterocycles. The summed E-state index contributed by atoms with van der Waals surface area (Å²) in [6.45, 7) is 2.47. The quantitative estimate of drug-likeness (QED) is 0.802. The highest BCUT2D eigenvalue weighted by Crippen LogP contribution is 2.14. The minimum atomic E-state index is -0.207. The first-order chi connectivity index (χ1) is 9.15. The molecule has 1 atom stereocenters. The zero-order valence-electron chi connectivity index (χ0n) is 10.7. The number of carbonyl (C=O) groups excluding carboxylic acids is 1. The number of carbonyl (C=O) groups is 1. The van der Waals surface area contributed by atoms with Gasteiger partial charge in [-0.3, -0.25) is 0 Å². The molecule has 0 saturated carbocycles. The lowest BCUT2D eigenvalue weighted by Gasteiger charge is -2.09. The van der Waals surface area contributed by atoms with Crippen LogP contribution in [-0.4, -0.2) is 6.03 Å². The summed E-state index contributed by atoms with van der Waals surface area (Å²) in [5, 5.41) is 7.58. The second kappa shape index (κ2) is 6.36. The summed E-state index contributed by atoms with van der Waals surface area (Å²) in [6.07, 6.45) is 0. The van der Waals surface area contributed by atoms with Gasteiger partial charge in [0, 0.05) is 16.6 Å². The number of hydrogen-bond donors (Lipinski definition) is 3. The van der Waals surface area contributed by atoms with Crippen molar-refractivity contribution in [2.24, 2.45) is 5.73 Å². The number of urea groups is 1. The van der Waals surface area contributed by atoms with Gasteiger partial charge in [0.2, 0.25) is 0 Å². The fourth-order valence-corrected chi connectivity index (χ4v) is 2.27. The smallest absolute Gasteiger partial charge is 0.319 e. The van der Waals surface area contributed by atoms with Crippen molar-refractivity contribution >= 4 is 23.1 Å². The van der Waals surface area contributed by atoms with Crippen molar-refractivity contribution in [3.8, 4) is 0 Å². The number of amides is 2. The van der Waals surface area contributed by atoms with Crippen LogP contribution in [0.1, 0.15) is 23.4 Å². The minimum Gasteiger partial charge on any atom is -0.333 e. The van der Waals surface area contributed by atoms with Gasteiger partial charge < -0.3 is 16.4 Å². The fourth-order valence-electron chi connectivity index (χ4n) is 1.63. The van der Waals surface area contributed by atoms with Crippen LogP contribution in [0, 0.1) is 0 Å². The number of hydrogen-bond acceptors (Lipinski definition) is 3. The molecule has 5 heteroatoms. The summed E-state index contributed by atoms with van der Waals surface area (Å²) in [4.78, 5) is 12.8. The molecule has 0 fully saturated rings. The Balaban J connectivity index is 1.84. The molecule has 0 aliphatic carbocycles. The van der Waals surface area contributed by atoms with Gasteiger partial charge in [-0.25, -0.2) is 4.79 Å². The van der Waals surface area contributed by atoms with E-state index in [1.54, 1.807) is 11.3 Å². The van der Waals surface area contributed by atoms with Crippen LogP contribution in [0.25, 0.3) is 0 Å². The van der Waals surface area contributed by atoms with Gasteiger partial charge in [0.1, 0.15) is 0 Å². The molecule has 2 amide bonds. The maximum absolute atomic E-state index is 11.7. The van der Waals surface area contributed by atoms with Gasteiger partial charge in [-0.15, -0.1) is 11.3 Å². The number of benzene rings is 1. The fraction of sp³-hybridized carbons (Fsp3) is 0.214. The summed E-state index contributed by atoms with van der Waals surface area (Å²) < 4.78 is 0. The summed E-state index contributed by atoms with van der Waals surface area (Å²) in [5.74, 6) is 0. The van der Waals surface area contributed by atoms with E-state index in [2.05, 4.69) is 10.6 Å². The van der Waals surface area contributed by atoms with E-state index in [1.165, 1.54) is 0 Å². The first kappa shape index (κ1) is 13.6. The highest BCUT2D eigenvalue weighted by molar-refractivity contribution is 7.09. The molecule has 0 spiro atoms. The number of rotatable bonds is 4. The average Bonchev–Trinajstić information content (AvgIpc) is 2.90. The van der Waals surface area contributed by atoms with E-state index in [-0.39, 0.29) is 12.1 Å². The molecule has 4 N–H and O–H groups in total. The Morgan fingerprint density at radius 3 is 2.63 bits per heavy atom. The van der Waals surface area contributed by atoms with E-state index in [1.807, 2.05) is 48.7 Å². The molecule has 0 radical (unpaired) electrons. The molecular weight excluding hydrogens is 258 g/mol. The lowest BCUT2D eigenvalue weighted by molar-refractivity contribution is 0.252. The second-order valence-corrected chi connectivity index (χ2v) is 5.33. The van der Waals surface area contributed by atoms with Crippen LogP contribution in [0.5, 0.6) is 0 Å². The van der Waals surface area contributed by atoms with E-state index in [9.17, 15) is 4.79 Å². The molecule has 4 nitrogen and oxygen atoms in total. The van der Waals surface area contributed by atoms with Gasteiger partial charge in [-0.1, -0.05) is 18.2 Å². The molecule has 0 aliphatic rings. The van der Waals surface area contributed by atoms with E-state index < -0.39 is 0 Å². The maximum atomic E-state index is 11.7. The van der Waals surface area contributed by atoms with Gasteiger partial charge in [0.05, 0.1) is 6.54 Å². The molecule has 2 aromatic rings. The molecule has 100 valence electrons. The first-order valence-corrected chi connectivity index (χ1v) is 6.96. The number of anilines is 1. The van der Waals surface area contributed by atoms with Crippen LogP contribution in [0.15, 0.2) is 41.8 Å². The van der Waals surface area contributed by atoms with E-state index in [0.29, 0.717) is 6.54 Å². The van der Waals surface area contributed by atoms with Crippen LogP contribution in [-0.2, 0) is 6.54 Å². The van der Waals surface area contributed by atoms with Crippen molar-refractivity contribution in [2.45, 2.75) is 19.5 Å². The Hall–Kier alpha value is -1.85. The lowest BCUT2D eigenvalue weighted by Crippen LogP contribution is -2.27. The lowest BCUT2D eigenvalue weighted by atomic mass is 10.1. The van der Waals surface area contributed by atoms with Gasteiger partial charge >= 0.3 is 6.03 Å². The van der Waals surface area contributed by atoms with Gasteiger partial charge in [0.15, 0.2) is 0 Å². The zero-order chi connectivity index (χ0) is 13.7. The van der Waals surface area contributed by atoms with Crippen molar-refractivity contribution < 1.29 is 4.79 Å². The topological polar surface area (TPSA) is 67.1 Å².